The topological polar surface area (TPSA) is 36.3 Å². The van der Waals surface area contributed by atoms with E-state index >= 15 is 0 Å². The summed E-state index contributed by atoms with van der Waals surface area (Å²) in [5.74, 6) is -0.900. The third-order valence-electron chi connectivity index (χ3n) is 2.94. The molecule has 0 bridgehead atoms. The first-order valence-electron chi connectivity index (χ1n) is 5.83. The van der Waals surface area contributed by atoms with Gasteiger partial charge >= 0.3 is 0 Å². The van der Waals surface area contributed by atoms with Crippen LogP contribution in [0.5, 0.6) is 5.75 Å². The van der Waals surface area contributed by atoms with Crippen molar-refractivity contribution >= 4 is 11.4 Å². The number of anilines is 2. The molecule has 0 heterocycles. The lowest BCUT2D eigenvalue weighted by atomic mass is 10.1. The molecular weight excluding hydrogens is 262 g/mol. The van der Waals surface area contributed by atoms with Crippen LogP contribution in [0.25, 0.3) is 0 Å². The van der Waals surface area contributed by atoms with Crippen molar-refractivity contribution in [1.29, 1.82) is 5.26 Å². The van der Waals surface area contributed by atoms with Crippen LogP contribution in [-0.2, 0) is 0 Å². The minimum Gasteiger partial charge on any atom is -0.497 e. The molecule has 20 heavy (non-hydrogen) atoms. The van der Waals surface area contributed by atoms with Gasteiger partial charge in [0.2, 0.25) is 0 Å². The van der Waals surface area contributed by atoms with Crippen molar-refractivity contribution in [3.63, 3.8) is 0 Å². The number of hydrogen-bond acceptors (Lipinski definition) is 3. The summed E-state index contributed by atoms with van der Waals surface area (Å²) in [7, 11) is 3.09. The van der Waals surface area contributed by atoms with E-state index in [2.05, 4.69) is 0 Å². The summed E-state index contributed by atoms with van der Waals surface area (Å²) < 4.78 is 32.9. The van der Waals surface area contributed by atoms with Gasteiger partial charge in [0, 0.05) is 12.7 Å². The number of ether oxygens (including phenoxy) is 1. The first-order valence-corrected chi connectivity index (χ1v) is 5.83. The lowest BCUT2D eigenvalue weighted by Crippen LogP contribution is -2.13. The maximum atomic E-state index is 13.9. The fourth-order valence-electron chi connectivity index (χ4n) is 1.89. The number of benzene rings is 2. The Bertz CT molecular complexity index is 640. The molecule has 0 aliphatic heterocycles. The van der Waals surface area contributed by atoms with Gasteiger partial charge in [-0.15, -0.1) is 0 Å². The summed E-state index contributed by atoms with van der Waals surface area (Å²) in [5, 5.41) is 8.68. The Morgan fingerprint density at radius 1 is 1.10 bits per heavy atom. The Labute approximate surface area is 115 Å². The zero-order valence-electron chi connectivity index (χ0n) is 11.0. The van der Waals surface area contributed by atoms with Crippen LogP contribution >= 0.6 is 0 Å². The van der Waals surface area contributed by atoms with Gasteiger partial charge in [-0.05, 0) is 36.4 Å². The van der Waals surface area contributed by atoms with Gasteiger partial charge in [-0.25, -0.2) is 8.78 Å². The predicted molar refractivity (Wildman–Crippen MR) is 72.1 cm³/mol. The molecule has 0 aromatic heterocycles. The summed E-state index contributed by atoms with van der Waals surface area (Å²) in [5.41, 5.74) is 0.356. The van der Waals surface area contributed by atoms with Gasteiger partial charge in [0.05, 0.1) is 18.7 Å². The lowest BCUT2D eigenvalue weighted by Gasteiger charge is -2.21. The summed E-state index contributed by atoms with van der Waals surface area (Å²) >= 11 is 0. The summed E-state index contributed by atoms with van der Waals surface area (Å²) in [6.07, 6.45) is 0. The van der Waals surface area contributed by atoms with Crippen molar-refractivity contribution in [2.75, 3.05) is 19.1 Å². The molecule has 0 amide bonds. The smallest absolute Gasteiger partial charge is 0.151 e. The molecule has 0 fully saturated rings. The van der Waals surface area contributed by atoms with Crippen molar-refractivity contribution in [3.05, 3.63) is 53.6 Å². The molecule has 0 unspecified atom stereocenters. The Balaban J connectivity index is 2.42. The molecule has 0 radical (unpaired) electrons. The number of hydrogen-bond donors (Lipinski definition) is 0. The van der Waals surface area contributed by atoms with E-state index < -0.39 is 11.6 Å². The summed E-state index contributed by atoms with van der Waals surface area (Å²) in [4.78, 5) is 1.38. The Morgan fingerprint density at radius 2 is 1.65 bits per heavy atom. The molecule has 0 aliphatic rings. The average molecular weight is 274 g/mol. The molecule has 102 valence electrons. The quantitative estimate of drug-likeness (QED) is 0.857. The van der Waals surface area contributed by atoms with Crippen molar-refractivity contribution < 1.29 is 13.5 Å². The standard InChI is InChI=1S/C15H12F2N2O/c1-19(11-3-5-12(20-2)6-4-11)15-13(16)7-10(9-18)8-14(15)17/h3-8H,1-2H3. The number of rotatable bonds is 3. The number of halogens is 2. The highest BCUT2D eigenvalue weighted by Crippen LogP contribution is 2.30. The number of nitrogens with zero attached hydrogens (tertiary/aromatic N) is 2. The molecule has 0 N–H and O–H groups in total. The normalized spacial score (nSPS) is 9.95. The molecule has 0 atom stereocenters. The van der Waals surface area contributed by atoms with Gasteiger partial charge < -0.3 is 9.64 Å². The predicted octanol–water partition coefficient (Wildman–Crippen LogP) is 3.61. The van der Waals surface area contributed by atoms with Gasteiger partial charge in [0.1, 0.15) is 11.4 Å². The Hall–Kier alpha value is -2.61. The highest BCUT2D eigenvalue weighted by Gasteiger charge is 2.16. The van der Waals surface area contributed by atoms with Crippen molar-refractivity contribution in [3.8, 4) is 11.8 Å². The van der Waals surface area contributed by atoms with Gasteiger partial charge in [-0.2, -0.15) is 5.26 Å². The van der Waals surface area contributed by atoms with Crippen LogP contribution in [0.3, 0.4) is 0 Å². The molecule has 5 heteroatoms. The molecule has 2 aromatic carbocycles. The largest absolute Gasteiger partial charge is 0.497 e. The molecule has 0 spiro atoms. The number of methoxy groups -OCH3 is 1. The Morgan fingerprint density at radius 3 is 2.10 bits per heavy atom. The first-order chi connectivity index (χ1) is 9.56. The third-order valence-corrected chi connectivity index (χ3v) is 2.94. The maximum absolute atomic E-state index is 13.9. The highest BCUT2D eigenvalue weighted by molar-refractivity contribution is 5.65. The molecule has 0 saturated heterocycles. The van der Waals surface area contributed by atoms with E-state index in [9.17, 15) is 8.78 Å². The molecule has 2 aromatic rings. The highest BCUT2D eigenvalue weighted by atomic mass is 19.1. The Kier molecular flexibility index (Phi) is 3.85. The van der Waals surface area contributed by atoms with Gasteiger partial charge in [0.15, 0.2) is 11.6 Å². The van der Waals surface area contributed by atoms with Crippen molar-refractivity contribution in [1.82, 2.24) is 0 Å². The molecular formula is C15H12F2N2O. The lowest BCUT2D eigenvalue weighted by molar-refractivity contribution is 0.415. The molecule has 3 nitrogen and oxygen atoms in total. The van der Waals surface area contributed by atoms with E-state index in [-0.39, 0.29) is 11.3 Å². The second-order valence-electron chi connectivity index (χ2n) is 4.16. The van der Waals surface area contributed by atoms with E-state index in [1.807, 2.05) is 0 Å². The van der Waals surface area contributed by atoms with Crippen LogP contribution < -0.4 is 9.64 Å². The van der Waals surface area contributed by atoms with Crippen LogP contribution in [-0.4, -0.2) is 14.2 Å². The van der Waals surface area contributed by atoms with Crippen LogP contribution in [0.1, 0.15) is 5.56 Å². The maximum Gasteiger partial charge on any atom is 0.151 e. The number of nitriles is 1. The SMILES string of the molecule is COc1ccc(N(C)c2c(F)cc(C#N)cc2F)cc1. The third kappa shape index (κ3) is 2.54. The zero-order chi connectivity index (χ0) is 14.7. The van der Waals surface area contributed by atoms with Crippen LogP contribution in [0.2, 0.25) is 0 Å². The van der Waals surface area contributed by atoms with Gasteiger partial charge in [-0.1, -0.05) is 0 Å². The van der Waals surface area contributed by atoms with E-state index in [4.69, 9.17) is 10.00 Å². The van der Waals surface area contributed by atoms with Crippen LogP contribution in [0, 0.1) is 23.0 Å². The fourth-order valence-corrected chi connectivity index (χ4v) is 1.89. The summed E-state index contributed by atoms with van der Waals surface area (Å²) in [6.45, 7) is 0. The zero-order valence-corrected chi connectivity index (χ0v) is 11.0. The van der Waals surface area contributed by atoms with Crippen molar-refractivity contribution in [2.24, 2.45) is 0 Å². The van der Waals surface area contributed by atoms with E-state index in [1.54, 1.807) is 44.5 Å². The van der Waals surface area contributed by atoms with E-state index in [0.29, 0.717) is 11.4 Å². The van der Waals surface area contributed by atoms with E-state index in [0.717, 1.165) is 12.1 Å². The minimum absolute atomic E-state index is 0.0492. The second-order valence-corrected chi connectivity index (χ2v) is 4.16. The van der Waals surface area contributed by atoms with Gasteiger partial charge in [0.25, 0.3) is 0 Å². The second kappa shape index (κ2) is 5.57. The summed E-state index contributed by atoms with van der Waals surface area (Å²) in [6, 6.07) is 10.5. The van der Waals surface area contributed by atoms with Crippen LogP contribution in [0.4, 0.5) is 20.2 Å². The molecule has 0 aliphatic carbocycles. The monoisotopic (exact) mass is 274 g/mol. The van der Waals surface area contributed by atoms with Gasteiger partial charge in [-0.3, -0.25) is 0 Å². The minimum atomic E-state index is -0.778. The fraction of sp³-hybridized carbons (Fsp3) is 0.133. The van der Waals surface area contributed by atoms with Crippen LogP contribution in [0.15, 0.2) is 36.4 Å². The molecule has 2 rings (SSSR count). The average Bonchev–Trinajstić information content (AvgIpc) is 2.46. The molecule has 0 saturated carbocycles. The first kappa shape index (κ1) is 13.8. The van der Waals surface area contributed by atoms with E-state index in [1.165, 1.54) is 4.90 Å². The van der Waals surface area contributed by atoms with Crippen molar-refractivity contribution in [2.45, 2.75) is 0 Å².